The minimum absolute atomic E-state index is 0.0129. The highest BCUT2D eigenvalue weighted by atomic mass is 35.5. The van der Waals surface area contributed by atoms with Crippen molar-refractivity contribution in [2.24, 2.45) is 0 Å². The van der Waals surface area contributed by atoms with E-state index in [9.17, 15) is 14.7 Å². The van der Waals surface area contributed by atoms with Crippen LogP contribution in [0.5, 0.6) is 0 Å². The molecule has 0 saturated heterocycles. The summed E-state index contributed by atoms with van der Waals surface area (Å²) >= 11 is 6.04. The predicted octanol–water partition coefficient (Wildman–Crippen LogP) is 4.65. The molecule has 3 aromatic heterocycles. The molecule has 5 rings (SSSR count). The topological polar surface area (TPSA) is 96.5 Å². The SMILES string of the molecule is O=C(C1=C(O)C(=O)N(Cc2cccnc2)C1c1ccncc1)c1cc2cc(Cl)ccc2o1. The van der Waals surface area contributed by atoms with Gasteiger partial charge < -0.3 is 14.4 Å². The van der Waals surface area contributed by atoms with Gasteiger partial charge in [-0.05, 0) is 53.6 Å². The van der Waals surface area contributed by atoms with Gasteiger partial charge in [-0.25, -0.2) is 0 Å². The minimum Gasteiger partial charge on any atom is -0.503 e. The van der Waals surface area contributed by atoms with Gasteiger partial charge in [0, 0.05) is 41.7 Å². The summed E-state index contributed by atoms with van der Waals surface area (Å²) in [6, 6.07) is 12.7. The highest BCUT2D eigenvalue weighted by Crippen LogP contribution is 2.40. The van der Waals surface area contributed by atoms with E-state index < -0.39 is 23.5 Å². The van der Waals surface area contributed by atoms with E-state index in [0.29, 0.717) is 21.6 Å². The van der Waals surface area contributed by atoms with Crippen molar-refractivity contribution in [2.75, 3.05) is 0 Å². The molecular formula is C24H16ClN3O4. The lowest BCUT2D eigenvalue weighted by Gasteiger charge is -2.26. The number of fused-ring (bicyclic) bond motifs is 1. The summed E-state index contributed by atoms with van der Waals surface area (Å²) in [6.07, 6.45) is 6.41. The van der Waals surface area contributed by atoms with Crippen LogP contribution in [0.25, 0.3) is 11.0 Å². The quantitative estimate of drug-likeness (QED) is 0.449. The monoisotopic (exact) mass is 445 g/mol. The van der Waals surface area contributed by atoms with Crippen LogP contribution in [0.1, 0.15) is 27.7 Å². The molecule has 0 aliphatic carbocycles. The number of aliphatic hydroxyl groups excluding tert-OH is 1. The van der Waals surface area contributed by atoms with Gasteiger partial charge in [0.05, 0.1) is 11.6 Å². The van der Waals surface area contributed by atoms with Crippen LogP contribution in [0, 0.1) is 0 Å². The van der Waals surface area contributed by atoms with Crippen LogP contribution in [-0.4, -0.2) is 31.7 Å². The zero-order valence-corrected chi connectivity index (χ0v) is 17.4. The number of hydrogen-bond donors (Lipinski definition) is 1. The number of aromatic nitrogens is 2. The Morgan fingerprint density at radius 2 is 1.91 bits per heavy atom. The first-order valence-corrected chi connectivity index (χ1v) is 10.2. The standard InChI is InChI=1S/C24H16ClN3O4/c25-17-3-4-18-16(10-17)11-19(32-18)22(29)20-21(15-5-8-26-9-6-15)28(24(31)23(20)30)13-14-2-1-7-27-12-14/h1-12,21,30H,13H2. The average molecular weight is 446 g/mol. The summed E-state index contributed by atoms with van der Waals surface area (Å²) in [5.74, 6) is -1.80. The largest absolute Gasteiger partial charge is 0.503 e. The molecule has 1 aliphatic rings. The van der Waals surface area contributed by atoms with Gasteiger partial charge in [0.25, 0.3) is 5.91 Å². The Balaban J connectivity index is 1.59. The molecule has 1 aliphatic heterocycles. The van der Waals surface area contributed by atoms with Crippen LogP contribution in [0.4, 0.5) is 0 Å². The maximum absolute atomic E-state index is 13.5. The Morgan fingerprint density at radius 3 is 2.66 bits per heavy atom. The zero-order chi connectivity index (χ0) is 22.2. The first-order valence-electron chi connectivity index (χ1n) is 9.79. The number of carbonyl (C=O) groups excluding carboxylic acids is 2. The number of amides is 1. The highest BCUT2D eigenvalue weighted by molar-refractivity contribution is 6.31. The van der Waals surface area contributed by atoms with Gasteiger partial charge in [-0.1, -0.05) is 17.7 Å². The van der Waals surface area contributed by atoms with Crippen LogP contribution < -0.4 is 0 Å². The Labute approximate surface area is 187 Å². The van der Waals surface area contributed by atoms with E-state index >= 15 is 0 Å². The second kappa shape index (κ2) is 7.94. The number of hydrogen-bond acceptors (Lipinski definition) is 6. The van der Waals surface area contributed by atoms with E-state index in [0.717, 1.165) is 5.56 Å². The summed E-state index contributed by atoms with van der Waals surface area (Å²) in [5.41, 5.74) is 1.84. The van der Waals surface area contributed by atoms with Crippen molar-refractivity contribution in [3.63, 3.8) is 0 Å². The number of pyridine rings is 2. The van der Waals surface area contributed by atoms with Crippen LogP contribution in [0.3, 0.4) is 0 Å². The Kier molecular flexibility index (Phi) is 4.95. The lowest BCUT2D eigenvalue weighted by atomic mass is 9.95. The maximum atomic E-state index is 13.5. The fourth-order valence-electron chi connectivity index (χ4n) is 3.89. The molecule has 1 N–H and O–H groups in total. The molecule has 1 atom stereocenters. The van der Waals surface area contributed by atoms with Crippen LogP contribution in [-0.2, 0) is 11.3 Å². The Morgan fingerprint density at radius 1 is 1.09 bits per heavy atom. The van der Waals surface area contributed by atoms with Crippen LogP contribution >= 0.6 is 11.6 Å². The van der Waals surface area contributed by atoms with Gasteiger partial charge in [-0.15, -0.1) is 0 Å². The van der Waals surface area contributed by atoms with Gasteiger partial charge in [-0.2, -0.15) is 0 Å². The molecule has 1 amide bonds. The van der Waals surface area contributed by atoms with E-state index in [1.165, 1.54) is 4.90 Å². The molecule has 158 valence electrons. The van der Waals surface area contributed by atoms with Crippen molar-refractivity contribution in [3.8, 4) is 0 Å². The molecule has 0 spiro atoms. The fraction of sp³-hybridized carbons (Fsp3) is 0.0833. The number of ketones is 1. The third kappa shape index (κ3) is 3.42. The van der Waals surface area contributed by atoms with Crippen molar-refractivity contribution in [1.82, 2.24) is 14.9 Å². The van der Waals surface area contributed by atoms with Crippen molar-refractivity contribution < 1.29 is 19.1 Å². The second-order valence-corrected chi connectivity index (χ2v) is 7.80. The first kappa shape index (κ1) is 20.0. The number of rotatable bonds is 5. The van der Waals surface area contributed by atoms with Gasteiger partial charge in [0.15, 0.2) is 11.5 Å². The van der Waals surface area contributed by atoms with E-state index in [-0.39, 0.29) is 17.9 Å². The third-order valence-electron chi connectivity index (χ3n) is 5.35. The predicted molar refractivity (Wildman–Crippen MR) is 117 cm³/mol. The van der Waals surface area contributed by atoms with Crippen molar-refractivity contribution in [1.29, 1.82) is 0 Å². The second-order valence-electron chi connectivity index (χ2n) is 7.36. The molecule has 0 fully saturated rings. The van der Waals surface area contributed by atoms with Crippen LogP contribution in [0.15, 0.2) is 89.1 Å². The minimum atomic E-state index is -0.810. The molecule has 32 heavy (non-hydrogen) atoms. The highest BCUT2D eigenvalue weighted by Gasteiger charge is 2.44. The summed E-state index contributed by atoms with van der Waals surface area (Å²) in [7, 11) is 0. The molecule has 0 bridgehead atoms. The molecule has 1 aromatic carbocycles. The number of halogens is 1. The van der Waals surface area contributed by atoms with Gasteiger partial charge in [0.1, 0.15) is 5.58 Å². The smallest absolute Gasteiger partial charge is 0.290 e. The average Bonchev–Trinajstić information content (AvgIpc) is 3.34. The molecule has 4 aromatic rings. The van der Waals surface area contributed by atoms with Crippen molar-refractivity contribution in [2.45, 2.75) is 12.6 Å². The molecule has 4 heterocycles. The summed E-state index contributed by atoms with van der Waals surface area (Å²) < 4.78 is 5.71. The number of benzene rings is 1. The first-order chi connectivity index (χ1) is 15.5. The summed E-state index contributed by atoms with van der Waals surface area (Å²) in [6.45, 7) is 0.163. The molecule has 1 unspecified atom stereocenters. The van der Waals surface area contributed by atoms with Gasteiger partial charge in [0.2, 0.25) is 5.78 Å². The third-order valence-corrected chi connectivity index (χ3v) is 5.58. The number of nitrogens with zero attached hydrogens (tertiary/aromatic N) is 3. The number of carbonyl (C=O) groups is 2. The van der Waals surface area contributed by atoms with Gasteiger partial charge in [-0.3, -0.25) is 19.6 Å². The van der Waals surface area contributed by atoms with E-state index in [2.05, 4.69) is 9.97 Å². The Bertz CT molecular complexity index is 1370. The zero-order valence-electron chi connectivity index (χ0n) is 16.6. The molecule has 0 radical (unpaired) electrons. The lowest BCUT2D eigenvalue weighted by Crippen LogP contribution is -2.30. The summed E-state index contributed by atoms with van der Waals surface area (Å²) in [5, 5.41) is 11.9. The van der Waals surface area contributed by atoms with Crippen LogP contribution in [0.2, 0.25) is 5.02 Å². The summed E-state index contributed by atoms with van der Waals surface area (Å²) in [4.78, 5) is 36.1. The fourth-order valence-corrected chi connectivity index (χ4v) is 4.07. The number of aliphatic hydroxyl groups is 1. The maximum Gasteiger partial charge on any atom is 0.290 e. The number of Topliss-reactive ketones (excluding diaryl/α,β-unsaturated/α-hetero) is 1. The normalized spacial score (nSPS) is 16.2. The van der Waals surface area contributed by atoms with Gasteiger partial charge >= 0.3 is 0 Å². The Hall–Kier alpha value is -3.97. The molecule has 7 nitrogen and oxygen atoms in total. The van der Waals surface area contributed by atoms with Crippen molar-refractivity contribution >= 4 is 34.3 Å². The van der Waals surface area contributed by atoms with E-state index in [4.69, 9.17) is 16.0 Å². The number of furan rings is 1. The van der Waals surface area contributed by atoms with Crippen molar-refractivity contribution in [3.05, 3.63) is 107 Å². The molecular weight excluding hydrogens is 430 g/mol. The lowest BCUT2D eigenvalue weighted by molar-refractivity contribution is -0.130. The molecule has 0 saturated carbocycles. The van der Waals surface area contributed by atoms with E-state index in [1.54, 1.807) is 67.3 Å². The van der Waals surface area contributed by atoms with E-state index in [1.807, 2.05) is 6.07 Å². The molecule has 8 heteroatoms.